The van der Waals surface area contributed by atoms with Gasteiger partial charge in [0.05, 0.1) is 6.07 Å². The maximum absolute atomic E-state index is 8.82. The third-order valence-corrected chi connectivity index (χ3v) is 3.66. The minimum Gasteiger partial charge on any atom is -0.253 e. The van der Waals surface area contributed by atoms with Crippen molar-refractivity contribution in [1.29, 1.82) is 5.26 Å². The molecule has 0 aromatic heterocycles. The molecule has 0 amide bonds. The van der Waals surface area contributed by atoms with Crippen LogP contribution in [-0.4, -0.2) is 16.9 Å². The van der Waals surface area contributed by atoms with Crippen molar-refractivity contribution in [3.05, 3.63) is 0 Å². The molecule has 1 heterocycles. The second kappa shape index (κ2) is 3.33. The molecule has 0 aromatic rings. The minimum atomic E-state index is 0.00958. The zero-order valence-corrected chi connectivity index (χ0v) is 8.34. The van der Waals surface area contributed by atoms with Crippen LogP contribution in [0.3, 0.4) is 0 Å². The van der Waals surface area contributed by atoms with E-state index < -0.39 is 0 Å². The Balaban J connectivity index is 2.06. The maximum Gasteiger partial charge on any atom is 0.112 e. The van der Waals surface area contributed by atoms with Crippen LogP contribution in [0.1, 0.15) is 19.3 Å². The van der Waals surface area contributed by atoms with Crippen LogP contribution in [0.4, 0.5) is 0 Å². The standard InChI is InChI=1S/C8H12BrN3/c9-5-1-2-7-6(3-5)8(4-10)12-11-7/h5-8,11-12H,1-3H2. The number of hydrogen-bond donors (Lipinski definition) is 2. The lowest BCUT2D eigenvalue weighted by molar-refractivity contribution is 0.332. The molecule has 1 aliphatic heterocycles. The molecule has 1 saturated heterocycles. The Morgan fingerprint density at radius 2 is 2.17 bits per heavy atom. The molecule has 4 heteroatoms. The molecule has 2 rings (SSSR count). The molecule has 0 bridgehead atoms. The van der Waals surface area contributed by atoms with Gasteiger partial charge in [-0.25, -0.2) is 5.43 Å². The molecule has 0 spiro atoms. The van der Waals surface area contributed by atoms with Gasteiger partial charge in [-0.05, 0) is 19.3 Å². The summed E-state index contributed by atoms with van der Waals surface area (Å²) in [6, 6.07) is 2.82. The Kier molecular flexibility index (Phi) is 2.35. The molecule has 4 unspecified atom stereocenters. The van der Waals surface area contributed by atoms with E-state index in [9.17, 15) is 0 Å². The van der Waals surface area contributed by atoms with E-state index in [0.717, 1.165) is 6.42 Å². The van der Waals surface area contributed by atoms with Crippen molar-refractivity contribution in [1.82, 2.24) is 10.9 Å². The molecule has 2 N–H and O–H groups in total. The maximum atomic E-state index is 8.82. The third kappa shape index (κ3) is 1.37. The lowest BCUT2D eigenvalue weighted by atomic mass is 9.82. The predicted molar refractivity (Wildman–Crippen MR) is 49.5 cm³/mol. The third-order valence-electron chi connectivity index (χ3n) is 2.83. The van der Waals surface area contributed by atoms with Crippen molar-refractivity contribution in [2.45, 2.75) is 36.2 Å². The summed E-state index contributed by atoms with van der Waals surface area (Å²) in [5.41, 5.74) is 6.22. The van der Waals surface area contributed by atoms with Gasteiger partial charge in [0.25, 0.3) is 0 Å². The zero-order chi connectivity index (χ0) is 8.55. The van der Waals surface area contributed by atoms with Gasteiger partial charge < -0.3 is 0 Å². The van der Waals surface area contributed by atoms with Gasteiger partial charge in [0.2, 0.25) is 0 Å². The average molecular weight is 230 g/mol. The monoisotopic (exact) mass is 229 g/mol. The molecule has 2 fully saturated rings. The van der Waals surface area contributed by atoms with Crippen molar-refractivity contribution < 1.29 is 0 Å². The van der Waals surface area contributed by atoms with Gasteiger partial charge in [-0.3, -0.25) is 5.43 Å². The van der Waals surface area contributed by atoms with Crippen molar-refractivity contribution in [2.75, 3.05) is 0 Å². The molecule has 1 saturated carbocycles. The van der Waals surface area contributed by atoms with Gasteiger partial charge in [-0.15, -0.1) is 0 Å². The van der Waals surface area contributed by atoms with Crippen molar-refractivity contribution in [2.24, 2.45) is 5.92 Å². The SMILES string of the molecule is N#CC1NNC2CCC(Br)CC12. The number of nitriles is 1. The van der Waals surface area contributed by atoms with E-state index in [1.807, 2.05) is 0 Å². The van der Waals surface area contributed by atoms with Gasteiger partial charge in [-0.1, -0.05) is 15.9 Å². The minimum absolute atomic E-state index is 0.00958. The number of nitrogens with zero attached hydrogens (tertiary/aromatic N) is 1. The number of hydrogen-bond acceptors (Lipinski definition) is 3. The molecule has 66 valence electrons. The van der Waals surface area contributed by atoms with E-state index >= 15 is 0 Å². The number of rotatable bonds is 0. The van der Waals surface area contributed by atoms with Crippen LogP contribution in [0.2, 0.25) is 0 Å². The van der Waals surface area contributed by atoms with Crippen LogP contribution in [-0.2, 0) is 0 Å². The Morgan fingerprint density at radius 1 is 1.33 bits per heavy atom. The van der Waals surface area contributed by atoms with Gasteiger partial charge in [0.1, 0.15) is 6.04 Å². The number of fused-ring (bicyclic) bond motifs is 1. The molecule has 0 radical (unpaired) electrons. The summed E-state index contributed by atoms with van der Waals surface area (Å²) < 4.78 is 0. The molecule has 12 heavy (non-hydrogen) atoms. The van der Waals surface area contributed by atoms with Gasteiger partial charge in [0.15, 0.2) is 0 Å². The summed E-state index contributed by atoms with van der Waals surface area (Å²) in [5, 5.41) is 8.82. The topological polar surface area (TPSA) is 47.9 Å². The summed E-state index contributed by atoms with van der Waals surface area (Å²) in [5.74, 6) is 0.494. The number of halogens is 1. The van der Waals surface area contributed by atoms with E-state index in [2.05, 4.69) is 32.9 Å². The first-order valence-electron chi connectivity index (χ1n) is 4.36. The highest BCUT2D eigenvalue weighted by Gasteiger charge is 2.39. The second-order valence-corrected chi connectivity index (χ2v) is 4.87. The second-order valence-electron chi connectivity index (χ2n) is 3.58. The van der Waals surface area contributed by atoms with E-state index in [1.54, 1.807) is 0 Å². The van der Waals surface area contributed by atoms with Crippen molar-refractivity contribution in [3.63, 3.8) is 0 Å². The van der Waals surface area contributed by atoms with E-state index in [1.165, 1.54) is 12.8 Å². The lowest BCUT2D eigenvalue weighted by Crippen LogP contribution is -2.35. The number of nitrogens with one attached hydrogen (secondary N) is 2. The summed E-state index contributed by atoms with van der Waals surface area (Å²) >= 11 is 3.62. The van der Waals surface area contributed by atoms with Crippen LogP contribution in [0.25, 0.3) is 0 Å². The highest BCUT2D eigenvalue weighted by Crippen LogP contribution is 2.33. The molecule has 0 aromatic carbocycles. The van der Waals surface area contributed by atoms with Crippen LogP contribution >= 0.6 is 15.9 Å². The molecule has 2 aliphatic rings. The van der Waals surface area contributed by atoms with Crippen LogP contribution in [0.15, 0.2) is 0 Å². The highest BCUT2D eigenvalue weighted by atomic mass is 79.9. The molecular weight excluding hydrogens is 218 g/mol. The van der Waals surface area contributed by atoms with Crippen LogP contribution < -0.4 is 10.9 Å². The van der Waals surface area contributed by atoms with Crippen molar-refractivity contribution >= 4 is 15.9 Å². The number of alkyl halides is 1. The normalized spacial score (nSPS) is 46.7. The average Bonchev–Trinajstić information content (AvgIpc) is 2.46. The first kappa shape index (κ1) is 8.49. The van der Waals surface area contributed by atoms with Gasteiger partial charge in [0, 0.05) is 16.8 Å². The smallest absolute Gasteiger partial charge is 0.112 e. The summed E-state index contributed by atoms with van der Waals surface area (Å²) in [4.78, 5) is 0.608. The van der Waals surface area contributed by atoms with E-state index in [0.29, 0.717) is 16.8 Å². The summed E-state index contributed by atoms with van der Waals surface area (Å²) in [7, 11) is 0. The number of hydrazine groups is 1. The molecule has 3 nitrogen and oxygen atoms in total. The van der Waals surface area contributed by atoms with E-state index in [-0.39, 0.29) is 6.04 Å². The van der Waals surface area contributed by atoms with Crippen LogP contribution in [0.5, 0.6) is 0 Å². The largest absolute Gasteiger partial charge is 0.253 e. The molecule has 1 aliphatic carbocycles. The van der Waals surface area contributed by atoms with E-state index in [4.69, 9.17) is 5.26 Å². The fourth-order valence-electron chi connectivity index (χ4n) is 2.13. The summed E-state index contributed by atoms with van der Waals surface area (Å²) in [6.07, 6.45) is 3.50. The first-order chi connectivity index (χ1) is 5.81. The van der Waals surface area contributed by atoms with Gasteiger partial charge in [-0.2, -0.15) is 5.26 Å². The fourth-order valence-corrected chi connectivity index (χ4v) is 2.83. The highest BCUT2D eigenvalue weighted by molar-refractivity contribution is 9.09. The fraction of sp³-hybridized carbons (Fsp3) is 0.875. The molecular formula is C8H12BrN3. The Morgan fingerprint density at radius 3 is 2.92 bits per heavy atom. The summed E-state index contributed by atoms with van der Waals surface area (Å²) in [6.45, 7) is 0. The lowest BCUT2D eigenvalue weighted by Gasteiger charge is -2.28. The van der Waals surface area contributed by atoms with Gasteiger partial charge >= 0.3 is 0 Å². The Labute approximate surface area is 80.6 Å². The quantitative estimate of drug-likeness (QED) is 0.608. The Bertz CT molecular complexity index is 213. The first-order valence-corrected chi connectivity index (χ1v) is 5.27. The molecule has 4 atom stereocenters. The van der Waals surface area contributed by atoms with Crippen LogP contribution in [0, 0.1) is 17.2 Å². The van der Waals surface area contributed by atoms with Crippen molar-refractivity contribution in [3.8, 4) is 6.07 Å². The Hall–Kier alpha value is -0.110. The predicted octanol–water partition coefficient (Wildman–Crippen LogP) is 0.919. The zero-order valence-electron chi connectivity index (χ0n) is 6.76.